The lowest BCUT2D eigenvalue weighted by Gasteiger charge is -2.23. The minimum absolute atomic E-state index is 0.0638. The molecule has 15 heavy (non-hydrogen) atoms. The number of nitrogens with one attached hydrogen (secondary N) is 1. The lowest BCUT2D eigenvalue weighted by atomic mass is 9.92. The average molecular weight is 216 g/mol. The Morgan fingerprint density at radius 2 is 1.87 bits per heavy atom. The molecule has 0 aliphatic heterocycles. The first-order valence-corrected chi connectivity index (χ1v) is 4.87. The van der Waals surface area contributed by atoms with Crippen molar-refractivity contribution < 1.29 is 14.7 Å². The molecule has 0 spiro atoms. The van der Waals surface area contributed by atoms with Crippen LogP contribution in [0.4, 0.5) is 0 Å². The summed E-state index contributed by atoms with van der Waals surface area (Å²) in [5.41, 5.74) is -1.37. The molecule has 0 aromatic rings. The fraction of sp³-hybridized carbons (Fsp3) is 0.800. The second-order valence-corrected chi connectivity index (χ2v) is 4.57. The highest BCUT2D eigenvalue weighted by Crippen LogP contribution is 2.15. The van der Waals surface area contributed by atoms with Gasteiger partial charge in [0, 0.05) is 12.6 Å². The number of amides is 1. The Hall–Kier alpha value is -1.10. The number of rotatable bonds is 5. The van der Waals surface area contributed by atoms with Gasteiger partial charge in [0.15, 0.2) is 0 Å². The van der Waals surface area contributed by atoms with E-state index in [4.69, 9.17) is 5.11 Å². The van der Waals surface area contributed by atoms with Crippen LogP contribution in [0, 0.1) is 5.41 Å². The maximum absolute atomic E-state index is 11.6. The van der Waals surface area contributed by atoms with Crippen LogP contribution < -0.4 is 5.32 Å². The summed E-state index contributed by atoms with van der Waals surface area (Å²) in [6.07, 6.45) is 0. The summed E-state index contributed by atoms with van der Waals surface area (Å²) in [5, 5.41) is 11.5. The number of nitrogens with zero attached hydrogens (tertiary/aromatic N) is 1. The zero-order valence-electron chi connectivity index (χ0n) is 10.00. The molecular formula is C10H20N2O3. The summed E-state index contributed by atoms with van der Waals surface area (Å²) in [6.45, 7) is 5.32. The Morgan fingerprint density at radius 1 is 1.40 bits per heavy atom. The molecule has 0 fully saturated rings. The van der Waals surface area contributed by atoms with Crippen molar-refractivity contribution in [1.82, 2.24) is 10.2 Å². The molecule has 1 unspecified atom stereocenters. The van der Waals surface area contributed by atoms with Gasteiger partial charge in [0.25, 0.3) is 0 Å². The van der Waals surface area contributed by atoms with Crippen molar-refractivity contribution in [2.45, 2.75) is 26.8 Å². The van der Waals surface area contributed by atoms with E-state index in [1.165, 1.54) is 13.8 Å². The first-order chi connectivity index (χ1) is 6.67. The van der Waals surface area contributed by atoms with Crippen molar-refractivity contribution in [2.75, 3.05) is 20.6 Å². The zero-order valence-corrected chi connectivity index (χ0v) is 10.00. The predicted octanol–water partition coefficient (Wildman–Crippen LogP) is 0.164. The highest BCUT2D eigenvalue weighted by molar-refractivity contribution is 6.01. The van der Waals surface area contributed by atoms with Crippen molar-refractivity contribution in [2.24, 2.45) is 5.41 Å². The van der Waals surface area contributed by atoms with Crippen LogP contribution in [-0.2, 0) is 9.59 Å². The molecule has 1 amide bonds. The number of carboxylic acids is 1. The third-order valence-corrected chi connectivity index (χ3v) is 2.12. The number of hydrogen-bond acceptors (Lipinski definition) is 3. The zero-order chi connectivity index (χ0) is 12.2. The van der Waals surface area contributed by atoms with E-state index in [0.717, 1.165) is 0 Å². The number of likely N-dealkylation sites (N-methyl/N-ethyl adjacent to an activating group) is 1. The quantitative estimate of drug-likeness (QED) is 0.642. The second-order valence-electron chi connectivity index (χ2n) is 4.57. The normalized spacial score (nSPS) is 13.7. The van der Waals surface area contributed by atoms with E-state index < -0.39 is 17.3 Å². The first-order valence-electron chi connectivity index (χ1n) is 4.87. The van der Waals surface area contributed by atoms with Crippen LogP contribution in [0.3, 0.4) is 0 Å². The molecule has 88 valence electrons. The molecule has 5 heteroatoms. The third kappa shape index (κ3) is 4.29. The van der Waals surface area contributed by atoms with Crippen LogP contribution >= 0.6 is 0 Å². The largest absolute Gasteiger partial charge is 0.480 e. The summed E-state index contributed by atoms with van der Waals surface area (Å²) < 4.78 is 0. The van der Waals surface area contributed by atoms with Gasteiger partial charge in [-0.05, 0) is 34.9 Å². The van der Waals surface area contributed by atoms with Crippen LogP contribution in [0.1, 0.15) is 20.8 Å². The molecule has 0 saturated heterocycles. The monoisotopic (exact) mass is 216 g/mol. The fourth-order valence-corrected chi connectivity index (χ4v) is 1.09. The van der Waals surface area contributed by atoms with Crippen molar-refractivity contribution >= 4 is 11.9 Å². The van der Waals surface area contributed by atoms with Crippen LogP contribution in [-0.4, -0.2) is 48.6 Å². The number of carbonyl (C=O) groups excluding carboxylic acids is 1. The average Bonchev–Trinajstić information content (AvgIpc) is 2.01. The van der Waals surface area contributed by atoms with Gasteiger partial charge in [-0.2, -0.15) is 0 Å². The molecule has 0 rings (SSSR count). The standard InChI is InChI=1S/C10H20N2O3/c1-7(6-12(4)5)11-8(13)10(2,3)9(14)15/h7H,6H2,1-5H3,(H,11,13)(H,14,15). The van der Waals surface area contributed by atoms with Gasteiger partial charge >= 0.3 is 5.97 Å². The molecule has 0 bridgehead atoms. The van der Waals surface area contributed by atoms with Gasteiger partial charge in [-0.15, -0.1) is 0 Å². The van der Waals surface area contributed by atoms with Gasteiger partial charge < -0.3 is 15.3 Å². The van der Waals surface area contributed by atoms with Crippen LogP contribution in [0.2, 0.25) is 0 Å². The lowest BCUT2D eigenvalue weighted by Crippen LogP contribution is -2.48. The van der Waals surface area contributed by atoms with Crippen LogP contribution in [0.25, 0.3) is 0 Å². The Labute approximate surface area is 90.5 Å². The van der Waals surface area contributed by atoms with Crippen molar-refractivity contribution in [1.29, 1.82) is 0 Å². The molecule has 0 heterocycles. The minimum atomic E-state index is -1.37. The molecule has 1 atom stereocenters. The van der Waals surface area contributed by atoms with E-state index in [1.807, 2.05) is 25.9 Å². The molecule has 0 saturated carbocycles. The number of carbonyl (C=O) groups is 2. The fourth-order valence-electron chi connectivity index (χ4n) is 1.09. The summed E-state index contributed by atoms with van der Waals surface area (Å²) in [7, 11) is 3.79. The third-order valence-electron chi connectivity index (χ3n) is 2.12. The maximum Gasteiger partial charge on any atom is 0.318 e. The van der Waals surface area contributed by atoms with Gasteiger partial charge in [-0.25, -0.2) is 0 Å². The summed E-state index contributed by atoms with van der Waals surface area (Å²) in [4.78, 5) is 24.3. The summed E-state index contributed by atoms with van der Waals surface area (Å²) >= 11 is 0. The number of carboxylic acid groups (broad SMARTS) is 1. The lowest BCUT2D eigenvalue weighted by molar-refractivity contribution is -0.153. The van der Waals surface area contributed by atoms with Crippen LogP contribution in [0.5, 0.6) is 0 Å². The van der Waals surface area contributed by atoms with E-state index in [-0.39, 0.29) is 6.04 Å². The summed E-state index contributed by atoms with van der Waals surface area (Å²) in [5.74, 6) is -1.57. The van der Waals surface area contributed by atoms with Crippen molar-refractivity contribution in [3.63, 3.8) is 0 Å². The maximum atomic E-state index is 11.6. The smallest absolute Gasteiger partial charge is 0.318 e. The number of hydrogen-bond donors (Lipinski definition) is 2. The molecule has 0 radical (unpaired) electrons. The Bertz CT molecular complexity index is 249. The topological polar surface area (TPSA) is 69.6 Å². The highest BCUT2D eigenvalue weighted by atomic mass is 16.4. The van der Waals surface area contributed by atoms with Gasteiger partial charge in [0.05, 0.1) is 0 Å². The molecule has 0 aliphatic carbocycles. The molecule has 0 aliphatic rings. The van der Waals surface area contributed by atoms with E-state index >= 15 is 0 Å². The van der Waals surface area contributed by atoms with E-state index in [0.29, 0.717) is 6.54 Å². The van der Waals surface area contributed by atoms with E-state index in [2.05, 4.69) is 5.32 Å². The van der Waals surface area contributed by atoms with Gasteiger partial charge in [0.1, 0.15) is 5.41 Å². The molecule has 5 nitrogen and oxygen atoms in total. The number of aliphatic carboxylic acids is 1. The Morgan fingerprint density at radius 3 is 2.20 bits per heavy atom. The van der Waals surface area contributed by atoms with Gasteiger partial charge in [-0.3, -0.25) is 9.59 Å². The summed E-state index contributed by atoms with van der Waals surface area (Å²) in [6, 6.07) is -0.0638. The van der Waals surface area contributed by atoms with Gasteiger partial charge in [0.2, 0.25) is 5.91 Å². The highest BCUT2D eigenvalue weighted by Gasteiger charge is 2.36. The first kappa shape index (κ1) is 13.9. The SMILES string of the molecule is CC(CN(C)C)NC(=O)C(C)(C)C(=O)O. The van der Waals surface area contributed by atoms with E-state index in [9.17, 15) is 9.59 Å². The minimum Gasteiger partial charge on any atom is -0.480 e. The Balaban J connectivity index is 4.31. The molecular weight excluding hydrogens is 196 g/mol. The predicted molar refractivity (Wildman–Crippen MR) is 57.6 cm³/mol. The molecule has 0 aromatic carbocycles. The molecule has 0 aromatic heterocycles. The van der Waals surface area contributed by atoms with Crippen molar-refractivity contribution in [3.05, 3.63) is 0 Å². The Kier molecular flexibility index (Phi) is 4.74. The van der Waals surface area contributed by atoms with Crippen LogP contribution in [0.15, 0.2) is 0 Å². The second kappa shape index (κ2) is 5.11. The van der Waals surface area contributed by atoms with Gasteiger partial charge in [-0.1, -0.05) is 0 Å². The van der Waals surface area contributed by atoms with E-state index in [1.54, 1.807) is 0 Å². The molecule has 2 N–H and O–H groups in total. The van der Waals surface area contributed by atoms with Crippen molar-refractivity contribution in [3.8, 4) is 0 Å².